The van der Waals surface area contributed by atoms with Crippen LogP contribution in [0.5, 0.6) is 0 Å². The highest BCUT2D eigenvalue weighted by molar-refractivity contribution is 5.78. The fourth-order valence-corrected chi connectivity index (χ4v) is 1.64. The molecule has 3 nitrogen and oxygen atoms in total. The topological polar surface area (TPSA) is 63.3 Å². The van der Waals surface area contributed by atoms with Gasteiger partial charge in [0, 0.05) is 0 Å². The van der Waals surface area contributed by atoms with Gasteiger partial charge in [-0.3, -0.25) is 4.79 Å². The zero-order chi connectivity index (χ0) is 12.1. The Hall–Kier alpha value is -1.61. The molecule has 0 radical (unpaired) electrons. The fourth-order valence-electron chi connectivity index (χ4n) is 1.64. The molecule has 0 spiro atoms. The summed E-state index contributed by atoms with van der Waals surface area (Å²) in [6, 6.07) is 7.05. The van der Waals surface area contributed by atoms with E-state index in [1.54, 1.807) is 0 Å². The Morgan fingerprint density at radius 3 is 2.62 bits per heavy atom. The van der Waals surface area contributed by atoms with Gasteiger partial charge in [-0.05, 0) is 37.0 Å². The van der Waals surface area contributed by atoms with Crippen molar-refractivity contribution in [2.24, 2.45) is 5.73 Å². The van der Waals surface area contributed by atoms with E-state index in [0.29, 0.717) is 6.42 Å². The number of aliphatic carboxylic acids is 1. The maximum Gasteiger partial charge on any atom is 0.320 e. The molecule has 86 valence electrons. The molecule has 0 unspecified atom stereocenters. The first-order chi connectivity index (χ1) is 7.56. The minimum absolute atomic E-state index is 0.358. The van der Waals surface area contributed by atoms with Crippen LogP contribution in [0.25, 0.3) is 5.57 Å². The highest BCUT2D eigenvalue weighted by Crippen LogP contribution is 2.22. The maximum absolute atomic E-state index is 10.7. The minimum Gasteiger partial charge on any atom is -0.480 e. The molecule has 3 heteroatoms. The van der Waals surface area contributed by atoms with Crippen molar-refractivity contribution in [3.63, 3.8) is 0 Å². The molecule has 0 aromatic heterocycles. The average Bonchev–Trinajstić information content (AvgIpc) is 2.26. The Kier molecular flexibility index (Phi) is 4.26. The smallest absolute Gasteiger partial charge is 0.320 e. The van der Waals surface area contributed by atoms with Crippen LogP contribution in [0.3, 0.4) is 0 Å². The lowest BCUT2D eigenvalue weighted by Gasteiger charge is -2.12. The van der Waals surface area contributed by atoms with E-state index >= 15 is 0 Å². The lowest BCUT2D eigenvalue weighted by molar-refractivity contribution is -0.138. The zero-order valence-corrected chi connectivity index (χ0v) is 9.60. The lowest BCUT2D eigenvalue weighted by atomic mass is 9.95. The fraction of sp³-hybridized carbons (Fsp3) is 0.308. The van der Waals surface area contributed by atoms with Gasteiger partial charge < -0.3 is 10.8 Å². The van der Waals surface area contributed by atoms with Gasteiger partial charge >= 0.3 is 5.97 Å². The van der Waals surface area contributed by atoms with E-state index in [1.165, 1.54) is 0 Å². The number of carboxylic acids is 1. The molecule has 0 amide bonds. The third-order valence-corrected chi connectivity index (χ3v) is 2.60. The summed E-state index contributed by atoms with van der Waals surface area (Å²) >= 11 is 0. The summed E-state index contributed by atoms with van der Waals surface area (Å²) in [7, 11) is 0. The number of hydrogen-bond acceptors (Lipinski definition) is 2. The number of allylic oxidation sites excluding steroid dienone is 1. The number of carboxylic acid groups (broad SMARTS) is 1. The van der Waals surface area contributed by atoms with Crippen molar-refractivity contribution >= 4 is 11.5 Å². The number of carbonyl (C=O) groups is 1. The predicted octanol–water partition coefficient (Wildman–Crippen LogP) is 2.20. The van der Waals surface area contributed by atoms with Crippen molar-refractivity contribution in [3.05, 3.63) is 41.5 Å². The van der Waals surface area contributed by atoms with Crippen LogP contribution in [0.4, 0.5) is 0 Å². The second-order valence-corrected chi connectivity index (χ2v) is 3.78. The van der Waals surface area contributed by atoms with Gasteiger partial charge in [0.2, 0.25) is 0 Å². The normalized spacial score (nSPS) is 13.6. The summed E-state index contributed by atoms with van der Waals surface area (Å²) in [5.74, 6) is -0.965. The first-order valence-electron chi connectivity index (χ1n) is 5.25. The third-order valence-electron chi connectivity index (χ3n) is 2.60. The van der Waals surface area contributed by atoms with E-state index in [4.69, 9.17) is 10.8 Å². The Morgan fingerprint density at radius 1 is 1.50 bits per heavy atom. The van der Waals surface area contributed by atoms with Gasteiger partial charge in [-0.25, -0.2) is 0 Å². The van der Waals surface area contributed by atoms with Crippen LogP contribution in [0.2, 0.25) is 0 Å². The summed E-state index contributed by atoms with van der Waals surface area (Å²) in [6.45, 7) is 3.90. The number of rotatable bonds is 4. The summed E-state index contributed by atoms with van der Waals surface area (Å²) in [4.78, 5) is 10.7. The van der Waals surface area contributed by atoms with Gasteiger partial charge in [0.15, 0.2) is 0 Å². The van der Waals surface area contributed by atoms with Crippen LogP contribution in [0.1, 0.15) is 24.5 Å². The zero-order valence-electron chi connectivity index (χ0n) is 9.60. The largest absolute Gasteiger partial charge is 0.480 e. The minimum atomic E-state index is -0.965. The first-order valence-corrected chi connectivity index (χ1v) is 5.25. The van der Waals surface area contributed by atoms with Crippen LogP contribution >= 0.6 is 0 Å². The van der Waals surface area contributed by atoms with Crippen LogP contribution in [0.15, 0.2) is 30.3 Å². The molecule has 0 fully saturated rings. The highest BCUT2D eigenvalue weighted by atomic mass is 16.4. The second kappa shape index (κ2) is 5.47. The SMILES string of the molecule is C/C=C(/C[C@H](N)C(=O)O)c1ccccc1C. The van der Waals surface area contributed by atoms with Crippen LogP contribution in [-0.4, -0.2) is 17.1 Å². The summed E-state index contributed by atoms with van der Waals surface area (Å²) < 4.78 is 0. The number of nitrogens with two attached hydrogens (primary N) is 1. The van der Waals surface area contributed by atoms with Gasteiger partial charge in [-0.1, -0.05) is 30.3 Å². The molecule has 0 aliphatic heterocycles. The average molecular weight is 219 g/mol. The molecular weight excluding hydrogens is 202 g/mol. The molecule has 0 aliphatic rings. The van der Waals surface area contributed by atoms with Crippen molar-refractivity contribution in [2.75, 3.05) is 0 Å². The summed E-state index contributed by atoms with van der Waals surface area (Å²) in [5.41, 5.74) is 8.72. The molecule has 1 atom stereocenters. The van der Waals surface area contributed by atoms with Gasteiger partial charge in [-0.2, -0.15) is 0 Å². The second-order valence-electron chi connectivity index (χ2n) is 3.78. The third kappa shape index (κ3) is 2.94. The van der Waals surface area contributed by atoms with E-state index in [2.05, 4.69) is 0 Å². The van der Waals surface area contributed by atoms with Crippen molar-refractivity contribution < 1.29 is 9.90 Å². The van der Waals surface area contributed by atoms with Crippen LogP contribution in [0, 0.1) is 6.92 Å². The molecule has 1 rings (SSSR count). The first kappa shape index (κ1) is 12.5. The number of hydrogen-bond donors (Lipinski definition) is 2. The van der Waals surface area contributed by atoms with Gasteiger partial charge in [-0.15, -0.1) is 0 Å². The van der Waals surface area contributed by atoms with Crippen molar-refractivity contribution in [1.82, 2.24) is 0 Å². The maximum atomic E-state index is 10.7. The Labute approximate surface area is 95.6 Å². The standard InChI is InChI=1S/C13H17NO2/c1-3-10(8-12(14)13(15)16)11-7-5-4-6-9(11)2/h3-7,12H,8,14H2,1-2H3,(H,15,16)/b10-3-/t12-/m0/s1. The van der Waals surface area contributed by atoms with Crippen LogP contribution < -0.4 is 5.73 Å². The monoisotopic (exact) mass is 219 g/mol. The molecular formula is C13H17NO2. The number of benzene rings is 1. The molecule has 0 bridgehead atoms. The molecule has 1 aromatic rings. The molecule has 0 aliphatic carbocycles. The van der Waals surface area contributed by atoms with Crippen molar-refractivity contribution in [2.45, 2.75) is 26.3 Å². The Balaban J connectivity index is 2.93. The molecule has 1 aromatic carbocycles. The van der Waals surface area contributed by atoms with Crippen LogP contribution in [-0.2, 0) is 4.79 Å². The van der Waals surface area contributed by atoms with E-state index in [0.717, 1.165) is 16.7 Å². The van der Waals surface area contributed by atoms with E-state index < -0.39 is 12.0 Å². The van der Waals surface area contributed by atoms with Crippen molar-refractivity contribution in [3.8, 4) is 0 Å². The van der Waals surface area contributed by atoms with E-state index in [-0.39, 0.29) is 0 Å². The summed E-state index contributed by atoms with van der Waals surface area (Å²) in [5, 5.41) is 8.79. The van der Waals surface area contributed by atoms with E-state index in [9.17, 15) is 4.79 Å². The van der Waals surface area contributed by atoms with Gasteiger partial charge in [0.1, 0.15) is 6.04 Å². The van der Waals surface area contributed by atoms with Crippen molar-refractivity contribution in [1.29, 1.82) is 0 Å². The number of aryl methyl sites for hydroxylation is 1. The Morgan fingerprint density at radius 2 is 2.12 bits per heavy atom. The van der Waals surface area contributed by atoms with Gasteiger partial charge in [0.05, 0.1) is 0 Å². The molecule has 16 heavy (non-hydrogen) atoms. The molecule has 0 heterocycles. The lowest BCUT2D eigenvalue weighted by Crippen LogP contribution is -2.30. The molecule has 3 N–H and O–H groups in total. The van der Waals surface area contributed by atoms with Gasteiger partial charge in [0.25, 0.3) is 0 Å². The molecule has 0 saturated heterocycles. The van der Waals surface area contributed by atoms with E-state index in [1.807, 2.05) is 44.2 Å². The molecule has 0 saturated carbocycles. The Bertz CT molecular complexity index is 410. The summed E-state index contributed by atoms with van der Waals surface area (Å²) in [6.07, 6.45) is 2.28. The predicted molar refractivity (Wildman–Crippen MR) is 65.1 cm³/mol. The quantitative estimate of drug-likeness (QED) is 0.816. The highest BCUT2D eigenvalue weighted by Gasteiger charge is 2.15.